The fourth-order valence-corrected chi connectivity index (χ4v) is 4.45. The van der Waals surface area contributed by atoms with Gasteiger partial charge in [-0.3, -0.25) is 0 Å². The smallest absolute Gasteiger partial charge is 0.220 e. The highest BCUT2D eigenvalue weighted by molar-refractivity contribution is 6.16. The predicted molar refractivity (Wildman–Crippen MR) is 113 cm³/mol. The van der Waals surface area contributed by atoms with Gasteiger partial charge in [-0.2, -0.15) is 0 Å². The molecule has 29 heavy (non-hydrogen) atoms. The number of aryl methyl sites for hydroxylation is 3. The van der Waals surface area contributed by atoms with Crippen LogP contribution in [0.1, 0.15) is 5.56 Å². The molecule has 0 saturated carbocycles. The van der Waals surface area contributed by atoms with Crippen LogP contribution in [0.3, 0.4) is 0 Å². The summed E-state index contributed by atoms with van der Waals surface area (Å²) < 4.78 is 4.31. The Kier molecular flexibility index (Phi) is 4.65. The molecule has 0 unspecified atom stereocenters. The maximum Gasteiger partial charge on any atom is 0.220 e. The summed E-state index contributed by atoms with van der Waals surface area (Å²) in [5.41, 5.74) is 5.64. The molecule has 0 radical (unpaired) electrons. The number of hydrogen-bond acceptors (Lipinski definition) is 2. The van der Waals surface area contributed by atoms with Gasteiger partial charge in [-0.25, -0.2) is 4.57 Å². The fraction of sp³-hybridized carbons (Fsp3) is 0.125. The largest absolute Gasteiger partial charge is 1.00 e. The first-order chi connectivity index (χ1) is 13.5. The number of phenols is 2. The average molecular weight is 496 g/mol. The Bertz CT molecular complexity index is 1400. The van der Waals surface area contributed by atoms with E-state index in [-0.39, 0.29) is 35.5 Å². The Hall–Kier alpha value is -2.80. The van der Waals surface area contributed by atoms with E-state index in [9.17, 15) is 10.2 Å². The lowest BCUT2D eigenvalue weighted by atomic mass is 9.97. The third kappa shape index (κ3) is 2.83. The van der Waals surface area contributed by atoms with Gasteiger partial charge in [0.2, 0.25) is 5.69 Å². The molecule has 2 aromatic heterocycles. The second-order valence-corrected chi connectivity index (χ2v) is 7.44. The quantitative estimate of drug-likeness (QED) is 0.274. The van der Waals surface area contributed by atoms with Crippen molar-refractivity contribution in [1.29, 1.82) is 0 Å². The number of aromatic hydroxyl groups is 2. The second kappa shape index (κ2) is 6.91. The van der Waals surface area contributed by atoms with Gasteiger partial charge in [0.05, 0.1) is 10.9 Å². The first-order valence-corrected chi connectivity index (χ1v) is 9.28. The van der Waals surface area contributed by atoms with E-state index in [2.05, 4.69) is 41.4 Å². The van der Waals surface area contributed by atoms with Crippen LogP contribution in [0.25, 0.3) is 43.8 Å². The Morgan fingerprint density at radius 2 is 1.48 bits per heavy atom. The van der Waals surface area contributed by atoms with Crippen LogP contribution in [0.4, 0.5) is 0 Å². The third-order valence-corrected chi connectivity index (χ3v) is 5.77. The van der Waals surface area contributed by atoms with E-state index in [0.29, 0.717) is 0 Å². The van der Waals surface area contributed by atoms with Gasteiger partial charge in [-0.1, -0.05) is 0 Å². The minimum atomic E-state index is 0. The summed E-state index contributed by atoms with van der Waals surface area (Å²) in [6, 6.07) is 17.2. The highest BCUT2D eigenvalue weighted by atomic mass is 127. The number of halogens is 1. The number of nitrogens with zero attached hydrogens (tertiary/aromatic N) is 2. The summed E-state index contributed by atoms with van der Waals surface area (Å²) in [7, 11) is 4.11. The second-order valence-electron chi connectivity index (χ2n) is 7.44. The Morgan fingerprint density at radius 3 is 2.21 bits per heavy atom. The highest BCUT2D eigenvalue weighted by Gasteiger charge is 2.20. The van der Waals surface area contributed by atoms with E-state index >= 15 is 0 Å². The van der Waals surface area contributed by atoms with Crippen LogP contribution in [-0.2, 0) is 14.1 Å². The van der Waals surface area contributed by atoms with Crippen LogP contribution in [0.15, 0.2) is 60.8 Å². The number of rotatable bonds is 1. The summed E-state index contributed by atoms with van der Waals surface area (Å²) in [5, 5.41) is 24.3. The van der Waals surface area contributed by atoms with Crippen LogP contribution >= 0.6 is 0 Å². The number of phenolic OH excluding ortho intramolecular Hbond substituents is 2. The molecule has 0 fully saturated rings. The zero-order valence-electron chi connectivity index (χ0n) is 16.4. The minimum Gasteiger partial charge on any atom is -1.00 e. The lowest BCUT2D eigenvalue weighted by Gasteiger charge is -2.10. The van der Waals surface area contributed by atoms with E-state index in [1.807, 2.05) is 31.3 Å². The van der Waals surface area contributed by atoms with Gasteiger partial charge in [-0.15, -0.1) is 0 Å². The average Bonchev–Trinajstić information content (AvgIpc) is 2.95. The predicted octanol–water partition coefficient (Wildman–Crippen LogP) is 1.70. The lowest BCUT2D eigenvalue weighted by molar-refractivity contribution is -0.659. The SMILES string of the molecule is Cc1c2cc[n+](C)c(-c3ccc(O)cc3)c2cc2c3cc(O)ccc3n(C)c12.[I-]. The van der Waals surface area contributed by atoms with Gasteiger partial charge in [0.15, 0.2) is 6.20 Å². The van der Waals surface area contributed by atoms with E-state index in [1.165, 1.54) is 16.5 Å². The summed E-state index contributed by atoms with van der Waals surface area (Å²) >= 11 is 0. The topological polar surface area (TPSA) is 49.3 Å². The van der Waals surface area contributed by atoms with Crippen molar-refractivity contribution < 1.29 is 38.8 Å². The fourth-order valence-electron chi connectivity index (χ4n) is 4.45. The molecule has 5 heteroatoms. The van der Waals surface area contributed by atoms with Crippen LogP contribution < -0.4 is 28.5 Å². The van der Waals surface area contributed by atoms with Crippen molar-refractivity contribution in [3.63, 3.8) is 0 Å². The molecule has 0 saturated heterocycles. The van der Waals surface area contributed by atoms with Crippen molar-refractivity contribution in [3.8, 4) is 22.8 Å². The summed E-state index contributed by atoms with van der Waals surface area (Å²) in [5.74, 6) is 0.532. The van der Waals surface area contributed by atoms with Crippen molar-refractivity contribution in [2.24, 2.45) is 14.1 Å². The molecular weight excluding hydrogens is 475 g/mol. The summed E-state index contributed by atoms with van der Waals surface area (Å²) in [6.45, 7) is 2.16. The lowest BCUT2D eigenvalue weighted by Crippen LogP contribution is -3.00. The molecule has 0 atom stereocenters. The standard InChI is InChI=1S/C24H20N2O2.HI/c1-14-18-10-11-25(2)24(15-4-6-16(27)7-5-15)20(18)13-21-19-12-17(28)8-9-22(19)26(3)23(14)21;/h4-13,28H,1-3H3;1H. The van der Waals surface area contributed by atoms with Crippen molar-refractivity contribution in [1.82, 2.24) is 4.57 Å². The molecule has 0 amide bonds. The molecule has 3 aromatic carbocycles. The molecule has 0 aliphatic heterocycles. The highest BCUT2D eigenvalue weighted by Crippen LogP contribution is 2.38. The monoisotopic (exact) mass is 496 g/mol. The molecule has 0 bridgehead atoms. The van der Waals surface area contributed by atoms with Gasteiger partial charge >= 0.3 is 0 Å². The van der Waals surface area contributed by atoms with E-state index in [4.69, 9.17) is 0 Å². The molecular formula is C24H21IN2O2. The van der Waals surface area contributed by atoms with Crippen molar-refractivity contribution in [2.45, 2.75) is 6.92 Å². The van der Waals surface area contributed by atoms with Crippen LogP contribution in [0.2, 0.25) is 0 Å². The van der Waals surface area contributed by atoms with Crippen LogP contribution in [0, 0.1) is 6.92 Å². The number of hydrogen-bond donors (Lipinski definition) is 2. The molecule has 0 aliphatic carbocycles. The van der Waals surface area contributed by atoms with Crippen LogP contribution in [0.5, 0.6) is 11.5 Å². The molecule has 0 aliphatic rings. The van der Waals surface area contributed by atoms with Gasteiger partial charge in [0.1, 0.15) is 18.5 Å². The zero-order valence-corrected chi connectivity index (χ0v) is 18.6. The van der Waals surface area contributed by atoms with E-state index in [1.54, 1.807) is 18.2 Å². The zero-order chi connectivity index (χ0) is 19.6. The van der Waals surface area contributed by atoms with Crippen molar-refractivity contribution in [3.05, 3.63) is 66.4 Å². The van der Waals surface area contributed by atoms with E-state index in [0.717, 1.165) is 32.9 Å². The van der Waals surface area contributed by atoms with Crippen LogP contribution in [-0.4, -0.2) is 14.8 Å². The Labute approximate surface area is 185 Å². The number of pyridine rings is 1. The molecule has 146 valence electrons. The number of benzene rings is 3. The Balaban J connectivity index is 0.00000205. The van der Waals surface area contributed by atoms with Gasteiger partial charge in [0, 0.05) is 35.0 Å². The molecule has 0 spiro atoms. The Morgan fingerprint density at radius 1 is 0.793 bits per heavy atom. The van der Waals surface area contributed by atoms with Gasteiger partial charge in [-0.05, 0) is 66.4 Å². The van der Waals surface area contributed by atoms with Crippen molar-refractivity contribution >= 4 is 32.6 Å². The summed E-state index contributed by atoms with van der Waals surface area (Å²) in [6.07, 6.45) is 2.08. The molecule has 2 N–H and O–H groups in total. The minimum absolute atomic E-state index is 0. The normalized spacial score (nSPS) is 11.3. The van der Waals surface area contributed by atoms with Crippen molar-refractivity contribution in [2.75, 3.05) is 0 Å². The van der Waals surface area contributed by atoms with E-state index < -0.39 is 0 Å². The third-order valence-electron chi connectivity index (χ3n) is 5.77. The maximum atomic E-state index is 10.0. The molecule has 5 aromatic rings. The molecule has 2 heterocycles. The number of aromatic nitrogens is 2. The van der Waals surface area contributed by atoms with Gasteiger partial charge < -0.3 is 38.8 Å². The maximum absolute atomic E-state index is 10.0. The molecule has 5 rings (SSSR count). The van der Waals surface area contributed by atoms with Gasteiger partial charge in [0.25, 0.3) is 0 Å². The first kappa shape index (κ1) is 19.5. The first-order valence-electron chi connectivity index (χ1n) is 9.28. The molecule has 4 nitrogen and oxygen atoms in total. The summed E-state index contributed by atoms with van der Waals surface area (Å²) in [4.78, 5) is 0. The number of fused-ring (bicyclic) bond motifs is 4.